The number of carbonyl (C=O) groups excluding carboxylic acids is 3. The first kappa shape index (κ1) is 18.3. The van der Waals surface area contributed by atoms with Crippen LogP contribution in [0.5, 0.6) is 0 Å². The number of imide groups is 1. The summed E-state index contributed by atoms with van der Waals surface area (Å²) in [6, 6.07) is 11.6. The van der Waals surface area contributed by atoms with Crippen LogP contribution in [0.4, 0.5) is 5.69 Å². The third-order valence-corrected chi connectivity index (χ3v) is 5.77. The van der Waals surface area contributed by atoms with Crippen LogP contribution in [0.2, 0.25) is 0 Å². The summed E-state index contributed by atoms with van der Waals surface area (Å²) in [5, 5.41) is 1.84. The summed E-state index contributed by atoms with van der Waals surface area (Å²) in [5.41, 5.74) is -0.00296. The van der Waals surface area contributed by atoms with E-state index in [2.05, 4.69) is 0 Å². The smallest absolute Gasteiger partial charge is 0.265 e. The molecule has 0 spiro atoms. The van der Waals surface area contributed by atoms with Crippen molar-refractivity contribution < 1.29 is 14.4 Å². The van der Waals surface area contributed by atoms with E-state index < -0.39 is 11.6 Å². The van der Waals surface area contributed by atoms with Gasteiger partial charge in [0.2, 0.25) is 5.91 Å². The van der Waals surface area contributed by atoms with Crippen molar-refractivity contribution in [1.82, 2.24) is 4.90 Å². The van der Waals surface area contributed by atoms with Crippen molar-refractivity contribution in [3.8, 4) is 0 Å². The topological polar surface area (TPSA) is 57.7 Å². The summed E-state index contributed by atoms with van der Waals surface area (Å²) in [4.78, 5) is 42.2. The average Bonchev–Trinajstić information content (AvgIpc) is 3.25. The van der Waals surface area contributed by atoms with Gasteiger partial charge in [-0.05, 0) is 43.8 Å². The first-order chi connectivity index (χ1) is 12.4. The van der Waals surface area contributed by atoms with E-state index in [4.69, 9.17) is 0 Å². The number of para-hydroxylation sites is 1. The van der Waals surface area contributed by atoms with Gasteiger partial charge in [0.15, 0.2) is 0 Å². The van der Waals surface area contributed by atoms with Crippen LogP contribution in [-0.4, -0.2) is 34.2 Å². The number of hydrogen-bond donors (Lipinski definition) is 0. The monoisotopic (exact) mass is 370 g/mol. The number of rotatable bonds is 5. The highest BCUT2D eigenvalue weighted by atomic mass is 32.1. The van der Waals surface area contributed by atoms with E-state index in [1.54, 1.807) is 35.2 Å². The highest BCUT2D eigenvalue weighted by molar-refractivity contribution is 7.12. The first-order valence-corrected chi connectivity index (χ1v) is 9.54. The van der Waals surface area contributed by atoms with Gasteiger partial charge in [0.25, 0.3) is 11.8 Å². The van der Waals surface area contributed by atoms with Crippen molar-refractivity contribution in [2.45, 2.75) is 45.2 Å². The van der Waals surface area contributed by atoms with Crippen LogP contribution >= 0.6 is 11.3 Å². The third kappa shape index (κ3) is 3.17. The van der Waals surface area contributed by atoms with E-state index in [-0.39, 0.29) is 24.1 Å². The lowest BCUT2D eigenvalue weighted by atomic mass is 9.95. The lowest BCUT2D eigenvalue weighted by Crippen LogP contribution is -2.55. The van der Waals surface area contributed by atoms with Gasteiger partial charge >= 0.3 is 0 Å². The molecule has 1 aliphatic rings. The third-order valence-electron chi connectivity index (χ3n) is 4.92. The van der Waals surface area contributed by atoms with Gasteiger partial charge in [-0.2, -0.15) is 0 Å². The zero-order chi connectivity index (χ0) is 18.9. The lowest BCUT2D eigenvalue weighted by molar-refractivity contribution is -0.123. The molecule has 0 aliphatic carbocycles. The first-order valence-electron chi connectivity index (χ1n) is 8.66. The molecular weight excluding hydrogens is 348 g/mol. The molecular formula is C20H22N2O3S. The molecule has 0 radical (unpaired) electrons. The Hall–Kier alpha value is -2.47. The summed E-state index contributed by atoms with van der Waals surface area (Å²) < 4.78 is 0. The molecule has 1 saturated heterocycles. The van der Waals surface area contributed by atoms with Gasteiger partial charge in [-0.25, -0.2) is 4.90 Å². The van der Waals surface area contributed by atoms with Crippen molar-refractivity contribution in [3.63, 3.8) is 0 Å². The second kappa shape index (κ2) is 7.03. The molecule has 3 rings (SSSR count). The maximum atomic E-state index is 13.1. The molecule has 5 nitrogen and oxygen atoms in total. The fraction of sp³-hybridized carbons (Fsp3) is 0.350. The van der Waals surface area contributed by atoms with Gasteiger partial charge in [0.1, 0.15) is 6.04 Å². The minimum atomic E-state index is -0.785. The van der Waals surface area contributed by atoms with Crippen LogP contribution in [-0.2, 0) is 9.59 Å². The molecule has 1 atom stereocenters. The Balaban J connectivity index is 1.99. The summed E-state index contributed by atoms with van der Waals surface area (Å²) >= 11 is 1.34. The quantitative estimate of drug-likeness (QED) is 0.754. The molecule has 1 fully saturated rings. The molecule has 2 aromatic rings. The van der Waals surface area contributed by atoms with Crippen molar-refractivity contribution >= 4 is 34.7 Å². The predicted molar refractivity (Wildman–Crippen MR) is 102 cm³/mol. The average molecular weight is 370 g/mol. The van der Waals surface area contributed by atoms with E-state index in [9.17, 15) is 14.4 Å². The second-order valence-corrected chi connectivity index (χ2v) is 7.89. The number of anilines is 1. The molecule has 0 bridgehead atoms. The van der Waals surface area contributed by atoms with Gasteiger partial charge in [0, 0.05) is 5.54 Å². The summed E-state index contributed by atoms with van der Waals surface area (Å²) in [5.74, 6) is -0.817. The van der Waals surface area contributed by atoms with Crippen molar-refractivity contribution in [3.05, 3.63) is 52.7 Å². The molecule has 1 aromatic carbocycles. The Kier molecular flexibility index (Phi) is 4.96. The summed E-state index contributed by atoms with van der Waals surface area (Å²) in [6.07, 6.45) is 0.682. The molecule has 26 heavy (non-hydrogen) atoms. The minimum absolute atomic E-state index is 0.00821. The van der Waals surface area contributed by atoms with E-state index in [0.29, 0.717) is 17.0 Å². The van der Waals surface area contributed by atoms with Crippen LogP contribution in [0.15, 0.2) is 47.8 Å². The molecule has 1 unspecified atom stereocenters. The predicted octanol–water partition coefficient (Wildman–Crippen LogP) is 3.71. The van der Waals surface area contributed by atoms with Gasteiger partial charge in [0.05, 0.1) is 17.0 Å². The standard InChI is InChI=1S/C20H22N2O3S/c1-4-20(2,3)22(19(25)16-11-8-12-26-16)15-13-17(23)21(18(15)24)14-9-6-5-7-10-14/h5-12,15H,4,13H2,1-3H3. The fourth-order valence-corrected chi connectivity index (χ4v) is 3.85. The lowest BCUT2D eigenvalue weighted by Gasteiger charge is -2.41. The maximum absolute atomic E-state index is 13.1. The Morgan fingerprint density at radius 2 is 1.88 bits per heavy atom. The van der Waals surface area contributed by atoms with Crippen LogP contribution in [0.3, 0.4) is 0 Å². The normalized spacial score (nSPS) is 17.7. The Morgan fingerprint density at radius 3 is 2.46 bits per heavy atom. The number of nitrogens with zero attached hydrogens (tertiary/aromatic N) is 2. The van der Waals surface area contributed by atoms with Gasteiger partial charge in [-0.15, -0.1) is 11.3 Å². The zero-order valence-electron chi connectivity index (χ0n) is 15.1. The number of hydrogen-bond acceptors (Lipinski definition) is 4. The SMILES string of the molecule is CCC(C)(C)N(C(=O)c1cccs1)C1CC(=O)N(c2ccccc2)C1=O. The largest absolute Gasteiger partial charge is 0.320 e. The van der Waals surface area contributed by atoms with Gasteiger partial charge in [-0.3, -0.25) is 14.4 Å². The van der Waals surface area contributed by atoms with E-state index in [1.165, 1.54) is 16.2 Å². The van der Waals surface area contributed by atoms with Gasteiger partial charge in [-0.1, -0.05) is 31.2 Å². The molecule has 0 N–H and O–H groups in total. The fourth-order valence-electron chi connectivity index (χ4n) is 3.19. The minimum Gasteiger partial charge on any atom is -0.320 e. The Labute approximate surface area is 157 Å². The van der Waals surface area contributed by atoms with E-state index >= 15 is 0 Å². The van der Waals surface area contributed by atoms with Gasteiger partial charge < -0.3 is 4.90 Å². The highest BCUT2D eigenvalue weighted by Gasteiger charge is 2.48. The van der Waals surface area contributed by atoms with Crippen LogP contribution < -0.4 is 4.90 Å². The molecule has 0 saturated carbocycles. The van der Waals surface area contributed by atoms with Crippen LogP contribution in [0.1, 0.15) is 43.3 Å². The number of amides is 3. The maximum Gasteiger partial charge on any atom is 0.265 e. The summed E-state index contributed by atoms with van der Waals surface area (Å²) in [7, 11) is 0. The van der Waals surface area contributed by atoms with Crippen molar-refractivity contribution in [2.24, 2.45) is 0 Å². The molecule has 1 aromatic heterocycles. The van der Waals surface area contributed by atoms with E-state index in [0.717, 1.165) is 0 Å². The molecule has 6 heteroatoms. The number of benzene rings is 1. The zero-order valence-corrected chi connectivity index (χ0v) is 16.0. The molecule has 136 valence electrons. The Bertz CT molecular complexity index is 815. The van der Waals surface area contributed by atoms with Crippen molar-refractivity contribution in [2.75, 3.05) is 4.90 Å². The molecule has 1 aliphatic heterocycles. The molecule has 2 heterocycles. The van der Waals surface area contributed by atoms with E-state index in [1.807, 2.05) is 38.3 Å². The molecule has 3 amide bonds. The number of thiophene rings is 1. The summed E-state index contributed by atoms with van der Waals surface area (Å²) in [6.45, 7) is 5.84. The van der Waals surface area contributed by atoms with Crippen LogP contribution in [0, 0.1) is 0 Å². The Morgan fingerprint density at radius 1 is 1.19 bits per heavy atom. The second-order valence-electron chi connectivity index (χ2n) is 6.94. The highest BCUT2D eigenvalue weighted by Crippen LogP contribution is 2.32. The van der Waals surface area contributed by atoms with Crippen molar-refractivity contribution in [1.29, 1.82) is 0 Å². The van der Waals surface area contributed by atoms with Crippen LogP contribution in [0.25, 0.3) is 0 Å². The number of carbonyl (C=O) groups is 3.